The Balaban J connectivity index is 0.000000166. The number of pyridine rings is 2. The third kappa shape index (κ3) is 29.0. The number of hydrogen-bond donors (Lipinski definition) is 8. The summed E-state index contributed by atoms with van der Waals surface area (Å²) in [5.74, 6) is -0.245. The smallest absolute Gasteiger partial charge is 0.423 e. The van der Waals surface area contributed by atoms with Gasteiger partial charge >= 0.3 is 172 Å². The molecule has 0 bridgehead atoms. The number of aromatic nitrogens is 7. The minimum absolute atomic E-state index is 0. The summed E-state index contributed by atoms with van der Waals surface area (Å²) in [6, 6.07) is 51.4. The van der Waals surface area contributed by atoms with Crippen molar-refractivity contribution in [2.24, 2.45) is 0 Å². The second-order valence-electron chi connectivity index (χ2n) is 30.8. The third-order valence-electron chi connectivity index (χ3n) is 21.1. The van der Waals surface area contributed by atoms with Gasteiger partial charge in [0.05, 0.1) is 66.6 Å². The molecular formula is C98H95BBr2Cl6F5N13O4S5Sn. The minimum atomic E-state index is -2.39. The first-order valence-electron chi connectivity index (χ1n) is 42.6. The molecule has 0 saturated heterocycles. The Morgan fingerprint density at radius 1 is 0.444 bits per heavy atom. The van der Waals surface area contributed by atoms with Crippen LogP contribution in [-0.2, 0) is 11.8 Å². The van der Waals surface area contributed by atoms with Gasteiger partial charge in [-0.25, -0.2) is 56.7 Å². The van der Waals surface area contributed by atoms with E-state index in [-0.39, 0.29) is 53.6 Å². The number of fused-ring (bicyclic) bond motifs is 5. The summed E-state index contributed by atoms with van der Waals surface area (Å²) in [5, 5.41) is 32.3. The number of nitrogens with zero attached hydrogens (tertiary/aromatic N) is 7. The Bertz CT molecular complexity index is 6900. The molecule has 0 atom stereocenters. The number of alkyl halides is 1. The average molecular weight is 2280 g/mol. The van der Waals surface area contributed by atoms with Crippen molar-refractivity contribution in [2.45, 2.75) is 119 Å². The van der Waals surface area contributed by atoms with Gasteiger partial charge in [-0.3, -0.25) is 5.32 Å². The summed E-state index contributed by atoms with van der Waals surface area (Å²) >= 11 is 40.9. The Hall–Kier alpha value is -8.78. The predicted octanol–water partition coefficient (Wildman–Crippen LogP) is 30.1. The van der Waals surface area contributed by atoms with Crippen molar-refractivity contribution in [3.8, 4) is 44.5 Å². The quantitative estimate of drug-likeness (QED) is 0.0178. The van der Waals surface area contributed by atoms with Crippen molar-refractivity contribution in [1.82, 2.24) is 45.5 Å². The summed E-state index contributed by atoms with van der Waals surface area (Å²) in [4.78, 5) is 53.3. The van der Waals surface area contributed by atoms with Crippen LogP contribution >= 0.6 is 159 Å². The van der Waals surface area contributed by atoms with E-state index < -0.39 is 25.5 Å². The Labute approximate surface area is 852 Å². The number of aryl methyl sites for hydroxylation is 3. The van der Waals surface area contributed by atoms with Crippen LogP contribution in [0.25, 0.3) is 95.6 Å². The molecule has 0 fully saturated rings. The van der Waals surface area contributed by atoms with Gasteiger partial charge in [-0.05, 0) is 196 Å². The van der Waals surface area contributed by atoms with Crippen LogP contribution in [-0.4, -0.2) is 95.6 Å². The van der Waals surface area contributed by atoms with Crippen LogP contribution in [0.4, 0.5) is 53.4 Å². The van der Waals surface area contributed by atoms with E-state index in [4.69, 9.17) is 79.5 Å². The number of nitrogens with two attached hydrogens (primary N) is 2. The summed E-state index contributed by atoms with van der Waals surface area (Å²) in [5.41, 5.74) is 28.8. The molecule has 4 amide bonds. The van der Waals surface area contributed by atoms with Gasteiger partial charge in [0.2, 0.25) is 0 Å². The molecule has 10 N–H and O–H groups in total. The molecule has 0 unspecified atom stereocenters. The van der Waals surface area contributed by atoms with Crippen LogP contribution in [0, 0.1) is 49.9 Å². The van der Waals surface area contributed by atoms with Crippen LogP contribution in [0.15, 0.2) is 209 Å². The summed E-state index contributed by atoms with van der Waals surface area (Å²) in [6.07, 6.45) is 12.0. The molecule has 7 aromatic heterocycles. The van der Waals surface area contributed by atoms with Crippen LogP contribution < -0.4 is 41.8 Å². The van der Waals surface area contributed by atoms with Crippen molar-refractivity contribution >= 4 is 279 Å². The zero-order valence-corrected chi connectivity index (χ0v) is 89.1. The fraction of sp³-hybridized carbons (Fsp3) is 0.214. The number of rotatable bonds is 22. The van der Waals surface area contributed by atoms with Crippen LogP contribution in [0.2, 0.25) is 38.4 Å². The normalized spacial score (nSPS) is 10.9. The number of urea groups is 2. The summed E-state index contributed by atoms with van der Waals surface area (Å²) in [6.45, 7) is 17.0. The second kappa shape index (κ2) is 52.3. The van der Waals surface area contributed by atoms with Gasteiger partial charge in [0.1, 0.15) is 40.4 Å². The van der Waals surface area contributed by atoms with E-state index in [2.05, 4.69) is 121 Å². The molecule has 0 aliphatic rings. The van der Waals surface area contributed by atoms with Crippen LogP contribution in [0.5, 0.6) is 0 Å². The molecular weight excluding hydrogens is 2180 g/mol. The monoisotopic (exact) mass is 2270 g/mol. The Kier molecular flexibility index (Phi) is 41.9. The number of nitrogens with one attached hydrogen (secondary N) is 4. The topological polar surface area (TPSA) is 265 Å². The maximum atomic E-state index is 15.6. The van der Waals surface area contributed by atoms with E-state index in [1.807, 2.05) is 80.6 Å². The Morgan fingerprint density at radius 3 is 1.20 bits per heavy atom. The summed E-state index contributed by atoms with van der Waals surface area (Å²) in [7, 11) is -1.43. The molecule has 37 heteroatoms. The molecule has 0 aliphatic heterocycles. The maximum Gasteiger partial charge on any atom is 0.488 e. The number of carbonyl (C=O) groups is 2. The van der Waals surface area contributed by atoms with Gasteiger partial charge in [-0.2, -0.15) is 0 Å². The fourth-order valence-electron chi connectivity index (χ4n) is 14.6. The summed E-state index contributed by atoms with van der Waals surface area (Å²) < 4.78 is 83.2. The van der Waals surface area contributed by atoms with E-state index in [0.717, 1.165) is 40.2 Å². The number of carbonyl (C=O) groups excluding carboxylic acids is 2. The molecule has 17 aromatic rings. The van der Waals surface area contributed by atoms with Gasteiger partial charge in [0.15, 0.2) is 10.3 Å². The molecule has 0 saturated carbocycles. The molecule has 10 aromatic carbocycles. The zero-order valence-electron chi connectivity index (χ0n) is 74.4. The van der Waals surface area contributed by atoms with Crippen LogP contribution in [0.3, 0.4) is 0 Å². The van der Waals surface area contributed by atoms with E-state index in [9.17, 15) is 27.2 Å². The van der Waals surface area contributed by atoms with E-state index in [1.54, 1.807) is 144 Å². The number of nitrogen functional groups attached to an aromatic ring is 2. The minimum Gasteiger partial charge on any atom is -0.423 e. The largest absolute Gasteiger partial charge is 0.488 e. The first-order chi connectivity index (χ1) is 64.4. The standard InChI is InChI=1S/C22H18ClFN4OS.C14H8BrClFNS.C14H10ClFN2S.C14H9ClFNS.C8H6BrFN2S.C8H10N3O.C6H6BClO2.3C4H9.ClH.Sn/c1-2-25-22(29)28-18-7-6-13(11-26-18)8-15-10-17-21(27-12-30-17)19(20(15)24)14-4-3-5-16(23)9-14;15-6-9-5-11-14(18-7-19-11)12(13(9)17)8-2-1-3-10(16)4-8;1-7-5-10-13(18-14(17)19-10)11(12(7)16)8-3-2-4-9(15)6-8;1-8-5-11-14(17-7-18-11)12(13(8)16)9-3-2-4-10(15)6-9;1-3-2-4-7(5(9)6(3)10)12-8(11)13-4;1-2-9-8(12)11-7-5-3-4-6-10-7;8-6-3-1-2-5(4-6)7(9)10;3*1-3-4-2;;/h3-7,9-12H,2,8H2,1H3,(H2,25,26,28,29);1-5,7H,6H2;2-6H,1H3,(H2,17,18);2-7H,1H3;2H,1H3,(H2,11,12);3,5-6H,2H2,1H3,(H2,9,10,11,12);1-4,9-10H;3*1,3-4H2,2H3;1H;. The van der Waals surface area contributed by atoms with Crippen molar-refractivity contribution in [3.05, 3.63) is 297 Å². The zero-order chi connectivity index (χ0) is 96.5. The van der Waals surface area contributed by atoms with Gasteiger partial charge in [-0.1, -0.05) is 163 Å². The number of amides is 4. The molecule has 135 heavy (non-hydrogen) atoms. The first-order valence-corrected chi connectivity index (χ1v) is 58.1. The first kappa shape index (κ1) is 108. The molecule has 704 valence electrons. The number of thiazole rings is 5. The van der Waals surface area contributed by atoms with E-state index in [1.165, 1.54) is 115 Å². The van der Waals surface area contributed by atoms with Gasteiger partial charge in [0, 0.05) is 77.4 Å². The molecule has 0 spiro atoms. The average Bonchev–Trinajstić information content (AvgIpc) is 1.74. The van der Waals surface area contributed by atoms with Gasteiger partial charge in [0.25, 0.3) is 0 Å². The van der Waals surface area contributed by atoms with Crippen LogP contribution in [0.1, 0.15) is 107 Å². The van der Waals surface area contributed by atoms with Gasteiger partial charge in [-0.15, -0.1) is 46.4 Å². The SMILES string of the molecule is CCC[CH2][Sn]([CH2]CCC)([CH2]CCC)[c]1ccc(NC(=O)NCC)nc1.CCNC(=O)Nc1ccc(Cc2cc3scnc3c(-c3cccc(Cl)c3)c2F)cn1.Cc1cc2sc(N)nc2c(-c2cccc(Cl)c2)c1F.Cc1cc2sc(N)nc2c(Br)c1F.Cc1cc2scnc2c(-c2cccc(Cl)c2)c1F.Cl.Fc1c(CBr)cc2scnc2c1-c1cccc(Cl)c1.OB(O)c1cccc(Cl)c1. The van der Waals surface area contributed by atoms with E-state index in [0.29, 0.717) is 171 Å². The fourth-order valence-corrected chi connectivity index (χ4v) is 36.3. The van der Waals surface area contributed by atoms with E-state index >= 15 is 4.39 Å². The van der Waals surface area contributed by atoms with Crippen molar-refractivity contribution < 1.29 is 41.6 Å². The molecule has 7 heterocycles. The van der Waals surface area contributed by atoms with Crippen molar-refractivity contribution in [1.29, 1.82) is 0 Å². The van der Waals surface area contributed by atoms with Crippen molar-refractivity contribution in [2.75, 3.05) is 35.2 Å². The molecule has 0 radical (unpaired) electrons. The molecule has 17 nitrogen and oxygen atoms in total. The second-order valence-corrected chi connectivity index (χ2v) is 52.3. The third-order valence-corrected chi connectivity index (χ3v) is 43.2. The molecule has 0 aliphatic carbocycles. The number of unbranched alkanes of at least 4 members (excludes halogenated alkanes) is 3. The predicted molar refractivity (Wildman–Crippen MR) is 573 cm³/mol. The number of hydrogen-bond acceptors (Lipinski definition) is 18. The van der Waals surface area contributed by atoms with Gasteiger partial charge < -0.3 is 26.8 Å². The molecule has 17 rings (SSSR count). The number of benzene rings is 10. The maximum absolute atomic E-state index is 15.6. The Morgan fingerprint density at radius 2 is 0.815 bits per heavy atom. The number of halogens is 13. The van der Waals surface area contributed by atoms with Crippen molar-refractivity contribution in [3.63, 3.8) is 0 Å². The number of anilines is 4.